The summed E-state index contributed by atoms with van der Waals surface area (Å²) in [6.45, 7) is 17.4. The van der Waals surface area contributed by atoms with E-state index in [2.05, 4.69) is 99.1 Å². The van der Waals surface area contributed by atoms with Gasteiger partial charge in [0.15, 0.2) is 0 Å². The smallest absolute Gasteiger partial charge is 0.220 e. The van der Waals surface area contributed by atoms with Gasteiger partial charge in [-0.25, -0.2) is 4.98 Å². The average molecular weight is 447 g/mol. The van der Waals surface area contributed by atoms with E-state index in [0.717, 1.165) is 25.3 Å². The summed E-state index contributed by atoms with van der Waals surface area (Å²) in [6, 6.07) is 13.1. The molecule has 1 aliphatic rings. The van der Waals surface area contributed by atoms with E-state index < -0.39 is 0 Å². The number of benzene rings is 2. The van der Waals surface area contributed by atoms with Crippen molar-refractivity contribution >= 4 is 16.8 Å². The predicted octanol–water partition coefficient (Wildman–Crippen LogP) is 7.25. The SMILES string of the molecule is C1CC1.CCCNCC.CCc1nc2n(-c3c(C)cc(C)cc3C)c3ccccc3n2c1C. The van der Waals surface area contributed by atoms with E-state index in [9.17, 15) is 0 Å². The predicted molar refractivity (Wildman–Crippen MR) is 143 cm³/mol. The molecule has 1 N–H and O–H groups in total. The number of imidazole rings is 2. The van der Waals surface area contributed by atoms with E-state index in [0.29, 0.717) is 0 Å². The van der Waals surface area contributed by atoms with Gasteiger partial charge in [-0.15, -0.1) is 0 Å². The molecule has 0 aliphatic heterocycles. The van der Waals surface area contributed by atoms with Gasteiger partial charge in [-0.2, -0.15) is 0 Å². The molecule has 2 aromatic heterocycles. The molecule has 0 unspecified atom stereocenters. The van der Waals surface area contributed by atoms with Gasteiger partial charge in [0.1, 0.15) is 0 Å². The molecule has 1 aliphatic carbocycles. The lowest BCUT2D eigenvalue weighted by Crippen LogP contribution is -2.12. The Balaban J connectivity index is 0.000000287. The molecule has 1 fully saturated rings. The number of hydrogen-bond donors (Lipinski definition) is 1. The first-order valence-corrected chi connectivity index (χ1v) is 12.7. The second-order valence-corrected chi connectivity index (χ2v) is 9.12. The van der Waals surface area contributed by atoms with Crippen LogP contribution < -0.4 is 5.32 Å². The minimum atomic E-state index is 0.952. The number of para-hydroxylation sites is 2. The third-order valence-electron chi connectivity index (χ3n) is 5.98. The Morgan fingerprint density at radius 2 is 1.48 bits per heavy atom. The summed E-state index contributed by atoms with van der Waals surface area (Å²) in [5.41, 5.74) is 9.97. The summed E-state index contributed by atoms with van der Waals surface area (Å²) in [7, 11) is 0. The summed E-state index contributed by atoms with van der Waals surface area (Å²) >= 11 is 0. The van der Waals surface area contributed by atoms with Crippen molar-refractivity contribution in [2.24, 2.45) is 0 Å². The van der Waals surface area contributed by atoms with Gasteiger partial charge in [0.2, 0.25) is 5.78 Å². The Morgan fingerprint density at radius 3 is 1.97 bits per heavy atom. The Morgan fingerprint density at radius 1 is 0.879 bits per heavy atom. The standard InChI is InChI=1S/C21H23N3.C5H13N.C3H6/c1-6-17-16(5)23-18-9-7-8-10-19(18)24(21(23)22-17)20-14(3)11-13(2)12-15(20)4;1-3-5-6-4-2;1-2-3-1/h7-12H,6H2,1-5H3;6H,3-5H2,1-2H3;1-3H2. The second kappa shape index (κ2) is 11.5. The fraction of sp³-hybridized carbons (Fsp3) is 0.483. The van der Waals surface area contributed by atoms with Crippen LogP contribution in [0.3, 0.4) is 0 Å². The highest BCUT2D eigenvalue weighted by atomic mass is 15.2. The number of nitrogens with one attached hydrogen (secondary N) is 1. The number of nitrogens with zero attached hydrogens (tertiary/aromatic N) is 3. The van der Waals surface area contributed by atoms with Crippen molar-refractivity contribution in [1.29, 1.82) is 0 Å². The van der Waals surface area contributed by atoms with Gasteiger partial charge in [-0.1, -0.05) is 69.9 Å². The largest absolute Gasteiger partial charge is 0.317 e. The quantitative estimate of drug-likeness (QED) is 0.328. The lowest BCUT2D eigenvalue weighted by atomic mass is 10.0. The Labute approximate surface area is 200 Å². The van der Waals surface area contributed by atoms with Crippen LogP contribution in [0.25, 0.3) is 22.5 Å². The second-order valence-electron chi connectivity index (χ2n) is 9.12. The van der Waals surface area contributed by atoms with Gasteiger partial charge in [0, 0.05) is 5.69 Å². The molecule has 0 spiro atoms. The van der Waals surface area contributed by atoms with Crippen LogP contribution in [-0.2, 0) is 6.42 Å². The van der Waals surface area contributed by atoms with Crippen LogP contribution in [0.15, 0.2) is 36.4 Å². The van der Waals surface area contributed by atoms with Crippen LogP contribution in [0.1, 0.15) is 74.5 Å². The molecule has 2 aromatic carbocycles. The molecule has 4 heteroatoms. The van der Waals surface area contributed by atoms with Crippen LogP contribution in [0.2, 0.25) is 0 Å². The molecule has 0 atom stereocenters. The van der Waals surface area contributed by atoms with Gasteiger partial charge in [0.25, 0.3) is 0 Å². The van der Waals surface area contributed by atoms with Crippen LogP contribution in [-0.4, -0.2) is 27.0 Å². The lowest BCUT2D eigenvalue weighted by Gasteiger charge is -2.13. The monoisotopic (exact) mass is 446 g/mol. The highest BCUT2D eigenvalue weighted by molar-refractivity contribution is 5.84. The zero-order valence-electron chi connectivity index (χ0n) is 21.8. The summed E-state index contributed by atoms with van der Waals surface area (Å²) in [6.07, 6.45) is 6.70. The van der Waals surface area contributed by atoms with Gasteiger partial charge in [0.05, 0.1) is 22.4 Å². The van der Waals surface area contributed by atoms with Crippen molar-refractivity contribution in [3.63, 3.8) is 0 Å². The van der Waals surface area contributed by atoms with E-state index in [1.165, 1.54) is 70.5 Å². The van der Waals surface area contributed by atoms with E-state index in [1.807, 2.05) is 0 Å². The molecule has 4 aromatic rings. The number of rotatable bonds is 5. The maximum Gasteiger partial charge on any atom is 0.220 e. The molecule has 5 rings (SSSR count). The van der Waals surface area contributed by atoms with Crippen LogP contribution in [0.5, 0.6) is 0 Å². The summed E-state index contributed by atoms with van der Waals surface area (Å²) in [4.78, 5) is 4.97. The van der Waals surface area contributed by atoms with Gasteiger partial charge in [-0.05, 0) is 76.9 Å². The van der Waals surface area contributed by atoms with Gasteiger partial charge < -0.3 is 5.32 Å². The highest BCUT2D eigenvalue weighted by Gasteiger charge is 2.19. The third kappa shape index (κ3) is 5.67. The minimum Gasteiger partial charge on any atom is -0.317 e. The zero-order chi connectivity index (χ0) is 24.0. The molecule has 0 saturated heterocycles. The Hall–Kier alpha value is -2.59. The van der Waals surface area contributed by atoms with Crippen molar-refractivity contribution in [3.05, 3.63) is 64.5 Å². The van der Waals surface area contributed by atoms with E-state index in [4.69, 9.17) is 4.98 Å². The van der Waals surface area contributed by atoms with Gasteiger partial charge >= 0.3 is 0 Å². The molecule has 0 amide bonds. The van der Waals surface area contributed by atoms with Crippen molar-refractivity contribution in [2.75, 3.05) is 13.1 Å². The molecular weight excluding hydrogens is 404 g/mol. The van der Waals surface area contributed by atoms with Gasteiger partial charge in [-0.3, -0.25) is 8.97 Å². The number of aryl methyl sites for hydroxylation is 5. The van der Waals surface area contributed by atoms with Crippen LogP contribution in [0.4, 0.5) is 0 Å². The molecule has 1 saturated carbocycles. The molecule has 0 radical (unpaired) electrons. The molecule has 2 heterocycles. The molecule has 4 nitrogen and oxygen atoms in total. The lowest BCUT2D eigenvalue weighted by molar-refractivity contribution is 0.703. The average Bonchev–Trinajstić information content (AvgIpc) is 3.60. The number of aromatic nitrogens is 3. The first-order chi connectivity index (χ1) is 15.9. The Kier molecular flexibility index (Phi) is 8.74. The van der Waals surface area contributed by atoms with Crippen LogP contribution >= 0.6 is 0 Å². The molecule has 178 valence electrons. The van der Waals surface area contributed by atoms with E-state index >= 15 is 0 Å². The molecule has 33 heavy (non-hydrogen) atoms. The fourth-order valence-electron chi connectivity index (χ4n) is 4.35. The van der Waals surface area contributed by atoms with Crippen molar-refractivity contribution < 1.29 is 0 Å². The third-order valence-corrected chi connectivity index (χ3v) is 5.98. The first kappa shape index (κ1) is 25.0. The molecular formula is C29H42N4. The summed E-state index contributed by atoms with van der Waals surface area (Å²) < 4.78 is 4.62. The normalized spacial score (nSPS) is 12.3. The van der Waals surface area contributed by atoms with Crippen molar-refractivity contribution in [1.82, 2.24) is 19.3 Å². The van der Waals surface area contributed by atoms with E-state index in [1.54, 1.807) is 0 Å². The summed E-state index contributed by atoms with van der Waals surface area (Å²) in [5.74, 6) is 1.01. The minimum absolute atomic E-state index is 0.952. The van der Waals surface area contributed by atoms with Crippen molar-refractivity contribution in [2.45, 2.75) is 80.6 Å². The number of fused-ring (bicyclic) bond motifs is 3. The number of hydrogen-bond acceptors (Lipinski definition) is 2. The highest BCUT2D eigenvalue weighted by Crippen LogP contribution is 2.31. The summed E-state index contributed by atoms with van der Waals surface area (Å²) in [5, 5.41) is 3.20. The van der Waals surface area contributed by atoms with Crippen molar-refractivity contribution in [3.8, 4) is 5.69 Å². The molecule has 0 bridgehead atoms. The maximum atomic E-state index is 4.97. The topological polar surface area (TPSA) is 34.3 Å². The maximum absolute atomic E-state index is 4.97. The zero-order valence-corrected chi connectivity index (χ0v) is 21.8. The fourth-order valence-corrected chi connectivity index (χ4v) is 4.35. The van der Waals surface area contributed by atoms with Crippen LogP contribution in [0, 0.1) is 27.7 Å². The first-order valence-electron chi connectivity index (χ1n) is 12.7. The Bertz CT molecular complexity index is 1160. The van der Waals surface area contributed by atoms with E-state index in [-0.39, 0.29) is 0 Å².